The summed E-state index contributed by atoms with van der Waals surface area (Å²) in [4.78, 5) is 30.8. The highest BCUT2D eigenvalue weighted by molar-refractivity contribution is 7.69. The fourth-order valence-electron chi connectivity index (χ4n) is 0.825. The Hall–Kier alpha value is -0.770. The zero-order valence-corrected chi connectivity index (χ0v) is 9.41. The van der Waals surface area contributed by atoms with Crippen molar-refractivity contribution in [3.63, 3.8) is 0 Å². The number of hydrogen-bond acceptors (Lipinski definition) is 5. The third kappa shape index (κ3) is 7.19. The lowest BCUT2D eigenvalue weighted by Crippen LogP contribution is -2.12. The van der Waals surface area contributed by atoms with Gasteiger partial charge in [-0.3, -0.25) is 4.79 Å². The van der Waals surface area contributed by atoms with E-state index < -0.39 is 14.1 Å². The average molecular weight is 233 g/mol. The van der Waals surface area contributed by atoms with Crippen LogP contribution in [0.3, 0.4) is 0 Å². The van der Waals surface area contributed by atoms with Crippen LogP contribution in [0.1, 0.15) is 12.8 Å². The van der Waals surface area contributed by atoms with Crippen LogP contribution in [-0.4, -0.2) is 35.7 Å². The number of nitrogens with two attached hydrogens (primary N) is 1. The molecule has 1 atom stereocenters. The van der Waals surface area contributed by atoms with Gasteiger partial charge in [-0.25, -0.2) is 4.79 Å². The molecule has 0 saturated heterocycles. The number of hydrogen-bond donors (Lipinski definition) is 2. The van der Waals surface area contributed by atoms with E-state index in [2.05, 4.69) is 6.58 Å². The molecular weight excluding hydrogens is 217 g/mol. The molecule has 0 aromatic carbocycles. The zero-order valence-electron chi connectivity index (χ0n) is 8.52. The van der Waals surface area contributed by atoms with Crippen LogP contribution in [0, 0.1) is 0 Å². The zero-order chi connectivity index (χ0) is 11.7. The lowest BCUT2D eigenvalue weighted by atomic mass is 10.4. The maximum absolute atomic E-state index is 10.9. The van der Waals surface area contributed by atoms with Gasteiger partial charge in [0.1, 0.15) is 0 Å². The average Bonchev–Trinajstić information content (AvgIpc) is 2.26. The van der Waals surface area contributed by atoms with Crippen molar-refractivity contribution < 1.29 is 19.2 Å². The lowest BCUT2D eigenvalue weighted by molar-refractivity contribution is -0.137. The molecule has 0 fully saturated rings. The largest absolute Gasteiger partial charge is 0.463 e. The van der Waals surface area contributed by atoms with Crippen molar-refractivity contribution in [1.82, 2.24) is 0 Å². The quantitative estimate of drug-likeness (QED) is 0.273. The maximum atomic E-state index is 10.9. The maximum Gasteiger partial charge on any atom is 0.330 e. The summed E-state index contributed by atoms with van der Waals surface area (Å²) >= 11 is 0. The summed E-state index contributed by atoms with van der Waals surface area (Å²) in [7, 11) is -1.60. The molecule has 0 aromatic rings. The van der Waals surface area contributed by atoms with E-state index in [0.29, 0.717) is 19.0 Å². The van der Waals surface area contributed by atoms with Gasteiger partial charge in [-0.15, -0.1) is 0 Å². The van der Waals surface area contributed by atoms with Gasteiger partial charge < -0.3 is 15.4 Å². The highest BCUT2D eigenvalue weighted by Crippen LogP contribution is 2.31. The van der Waals surface area contributed by atoms with Crippen LogP contribution >= 0.6 is 8.15 Å². The third-order valence-electron chi connectivity index (χ3n) is 1.64. The van der Waals surface area contributed by atoms with E-state index in [1.54, 1.807) is 0 Å². The van der Waals surface area contributed by atoms with Crippen molar-refractivity contribution in [2.24, 2.45) is 5.73 Å². The molecule has 15 heavy (non-hydrogen) atoms. The Kier molecular flexibility index (Phi) is 8.09. The molecule has 0 amide bonds. The van der Waals surface area contributed by atoms with Gasteiger partial charge in [-0.1, -0.05) is 6.58 Å². The number of ether oxygens (including phenoxy) is 1. The molecule has 6 heteroatoms. The second-order valence-electron chi connectivity index (χ2n) is 2.80. The minimum Gasteiger partial charge on any atom is -0.463 e. The molecule has 0 aliphatic rings. The SMILES string of the molecule is C=CC(=O)OCCCCP(O)C(=O)CN. The topological polar surface area (TPSA) is 89.6 Å². The Labute approximate surface area is 90.1 Å². The number of rotatable bonds is 8. The summed E-state index contributed by atoms with van der Waals surface area (Å²) in [6, 6.07) is 0. The molecule has 0 radical (unpaired) electrons. The predicted molar refractivity (Wildman–Crippen MR) is 58.5 cm³/mol. The van der Waals surface area contributed by atoms with E-state index in [4.69, 9.17) is 10.5 Å². The van der Waals surface area contributed by atoms with Crippen molar-refractivity contribution in [3.8, 4) is 0 Å². The summed E-state index contributed by atoms with van der Waals surface area (Å²) in [5.41, 5.74) is 4.79. The van der Waals surface area contributed by atoms with Gasteiger partial charge in [0.15, 0.2) is 5.52 Å². The first-order chi connectivity index (χ1) is 7.11. The molecule has 0 aromatic heterocycles. The van der Waals surface area contributed by atoms with E-state index in [9.17, 15) is 14.5 Å². The van der Waals surface area contributed by atoms with Gasteiger partial charge >= 0.3 is 5.97 Å². The van der Waals surface area contributed by atoms with Crippen molar-refractivity contribution in [2.75, 3.05) is 19.3 Å². The third-order valence-corrected chi connectivity index (χ3v) is 3.14. The first-order valence-corrected chi connectivity index (χ1v) is 6.08. The summed E-state index contributed by atoms with van der Waals surface area (Å²) in [6.07, 6.45) is 2.77. The van der Waals surface area contributed by atoms with Crippen LogP contribution < -0.4 is 5.73 Å². The minimum atomic E-state index is -1.60. The van der Waals surface area contributed by atoms with E-state index >= 15 is 0 Å². The molecule has 1 unspecified atom stereocenters. The molecule has 0 rings (SSSR count). The van der Waals surface area contributed by atoms with Gasteiger partial charge in [-0.2, -0.15) is 0 Å². The first kappa shape index (κ1) is 14.2. The predicted octanol–water partition coefficient (Wildman–Crippen LogP) is 0.370. The van der Waals surface area contributed by atoms with Crippen molar-refractivity contribution >= 4 is 19.6 Å². The van der Waals surface area contributed by atoms with E-state index in [1.165, 1.54) is 0 Å². The number of carbonyl (C=O) groups is 2. The monoisotopic (exact) mass is 233 g/mol. The Morgan fingerprint density at radius 2 is 2.13 bits per heavy atom. The van der Waals surface area contributed by atoms with E-state index in [-0.39, 0.29) is 18.7 Å². The fraction of sp³-hybridized carbons (Fsp3) is 0.556. The smallest absolute Gasteiger partial charge is 0.330 e. The Balaban J connectivity index is 3.42. The van der Waals surface area contributed by atoms with Crippen LogP contribution in [0.4, 0.5) is 0 Å². The molecule has 86 valence electrons. The molecule has 0 saturated carbocycles. The highest BCUT2D eigenvalue weighted by Gasteiger charge is 2.12. The number of carbonyl (C=O) groups excluding carboxylic acids is 2. The molecule has 0 aliphatic heterocycles. The molecule has 3 N–H and O–H groups in total. The minimum absolute atomic E-state index is 0.117. The van der Waals surface area contributed by atoms with Crippen LogP contribution in [-0.2, 0) is 14.3 Å². The normalized spacial score (nSPS) is 11.9. The van der Waals surface area contributed by atoms with Gasteiger partial charge in [-0.05, 0) is 19.0 Å². The summed E-state index contributed by atoms with van der Waals surface area (Å²) < 4.78 is 4.72. The van der Waals surface area contributed by atoms with Crippen molar-refractivity contribution in [2.45, 2.75) is 12.8 Å². The molecule has 0 spiro atoms. The first-order valence-electron chi connectivity index (χ1n) is 4.60. The molecule has 0 heterocycles. The van der Waals surface area contributed by atoms with Gasteiger partial charge in [0.25, 0.3) is 0 Å². The summed E-state index contributed by atoms with van der Waals surface area (Å²) in [5.74, 6) is -0.459. The number of esters is 1. The molecular formula is C9H16NO4P. The van der Waals surface area contributed by atoms with Gasteiger partial charge in [0, 0.05) is 6.08 Å². The van der Waals surface area contributed by atoms with Crippen molar-refractivity contribution in [1.29, 1.82) is 0 Å². The molecule has 5 nitrogen and oxygen atoms in total. The van der Waals surface area contributed by atoms with Gasteiger partial charge in [0.2, 0.25) is 0 Å². The van der Waals surface area contributed by atoms with E-state index in [0.717, 1.165) is 6.08 Å². The molecule has 0 aliphatic carbocycles. The van der Waals surface area contributed by atoms with E-state index in [1.807, 2.05) is 0 Å². The fourth-order valence-corrected chi connectivity index (χ4v) is 1.81. The molecule has 0 bridgehead atoms. The van der Waals surface area contributed by atoms with Crippen molar-refractivity contribution in [3.05, 3.63) is 12.7 Å². The Morgan fingerprint density at radius 1 is 1.47 bits per heavy atom. The second-order valence-corrected chi connectivity index (χ2v) is 4.54. The summed E-state index contributed by atoms with van der Waals surface area (Å²) in [6.45, 7) is 3.42. The Morgan fingerprint density at radius 3 is 2.67 bits per heavy atom. The van der Waals surface area contributed by atoms with Crippen LogP contribution in [0.2, 0.25) is 0 Å². The van der Waals surface area contributed by atoms with Crippen LogP contribution in [0.15, 0.2) is 12.7 Å². The number of unbranched alkanes of at least 4 members (excludes halogenated alkanes) is 1. The summed E-state index contributed by atoms with van der Waals surface area (Å²) in [5, 5.41) is 0. The lowest BCUT2D eigenvalue weighted by Gasteiger charge is -2.07. The Bertz CT molecular complexity index is 232. The second kappa shape index (κ2) is 8.53. The standard InChI is InChI=1S/C9H16NO4P/c1-2-8(11)14-5-3-4-6-15(13)9(12)7-10/h2,13H,1,3-7,10H2. The highest BCUT2D eigenvalue weighted by atomic mass is 31.1. The van der Waals surface area contributed by atoms with Crippen LogP contribution in [0.5, 0.6) is 0 Å². The van der Waals surface area contributed by atoms with Gasteiger partial charge in [0.05, 0.1) is 21.3 Å². The van der Waals surface area contributed by atoms with Crippen LogP contribution in [0.25, 0.3) is 0 Å².